The molecule has 0 radical (unpaired) electrons. The fourth-order valence-corrected chi connectivity index (χ4v) is 3.99. The SMILES string of the molecule is Cc1cn([C@@H]2CCCN(Cc3cccc(Oc4ccc(Cl)cc4)c3)C2)c(=O)[nH]c1=O. The Morgan fingerprint density at radius 1 is 1.13 bits per heavy atom. The van der Waals surface area contributed by atoms with Crippen molar-refractivity contribution in [2.75, 3.05) is 13.1 Å². The first-order valence-electron chi connectivity index (χ1n) is 10.0. The van der Waals surface area contributed by atoms with Gasteiger partial charge in [0.1, 0.15) is 11.5 Å². The second-order valence-electron chi connectivity index (χ2n) is 7.71. The Balaban J connectivity index is 1.45. The molecule has 1 fully saturated rings. The van der Waals surface area contributed by atoms with E-state index >= 15 is 0 Å². The molecular formula is C23H24ClN3O3. The van der Waals surface area contributed by atoms with Crippen LogP contribution in [-0.2, 0) is 6.54 Å². The number of benzene rings is 2. The smallest absolute Gasteiger partial charge is 0.328 e. The molecule has 3 aromatic rings. The molecular weight excluding hydrogens is 402 g/mol. The van der Waals surface area contributed by atoms with Gasteiger partial charge in [-0.15, -0.1) is 0 Å². The molecule has 1 N–H and O–H groups in total. The molecule has 7 heteroatoms. The van der Waals surface area contributed by atoms with Crippen molar-refractivity contribution in [1.82, 2.24) is 14.5 Å². The van der Waals surface area contributed by atoms with Crippen molar-refractivity contribution in [3.05, 3.63) is 91.7 Å². The average molecular weight is 426 g/mol. The van der Waals surface area contributed by atoms with E-state index in [2.05, 4.69) is 16.0 Å². The summed E-state index contributed by atoms with van der Waals surface area (Å²) in [6.07, 6.45) is 3.59. The molecule has 1 aliphatic heterocycles. The summed E-state index contributed by atoms with van der Waals surface area (Å²) in [7, 11) is 0. The number of piperidine rings is 1. The van der Waals surface area contributed by atoms with Crippen LogP contribution in [0.4, 0.5) is 0 Å². The van der Waals surface area contributed by atoms with Gasteiger partial charge in [0.15, 0.2) is 0 Å². The fourth-order valence-electron chi connectivity index (χ4n) is 3.86. The highest BCUT2D eigenvalue weighted by Crippen LogP contribution is 2.26. The number of nitrogens with one attached hydrogen (secondary N) is 1. The normalized spacial score (nSPS) is 17.1. The van der Waals surface area contributed by atoms with Crippen LogP contribution in [0.1, 0.15) is 30.0 Å². The first-order valence-corrected chi connectivity index (χ1v) is 10.4. The summed E-state index contributed by atoms with van der Waals surface area (Å²) in [5.74, 6) is 1.51. The van der Waals surface area contributed by atoms with Crippen molar-refractivity contribution in [2.45, 2.75) is 32.4 Å². The van der Waals surface area contributed by atoms with Crippen molar-refractivity contribution in [1.29, 1.82) is 0 Å². The summed E-state index contributed by atoms with van der Waals surface area (Å²) in [6, 6.07) is 15.4. The molecule has 6 nitrogen and oxygen atoms in total. The minimum Gasteiger partial charge on any atom is -0.457 e. The number of H-pyrrole nitrogens is 1. The summed E-state index contributed by atoms with van der Waals surface area (Å²) in [5.41, 5.74) is 1.04. The maximum Gasteiger partial charge on any atom is 0.328 e. The third-order valence-corrected chi connectivity index (χ3v) is 5.63. The molecule has 1 aromatic heterocycles. The molecule has 30 heavy (non-hydrogen) atoms. The van der Waals surface area contributed by atoms with Gasteiger partial charge in [-0.2, -0.15) is 0 Å². The Morgan fingerprint density at radius 2 is 1.93 bits per heavy atom. The quantitative estimate of drug-likeness (QED) is 0.667. The van der Waals surface area contributed by atoms with Crippen LogP contribution in [-0.4, -0.2) is 27.5 Å². The molecule has 156 valence electrons. The third kappa shape index (κ3) is 4.83. The molecule has 0 unspecified atom stereocenters. The van der Waals surface area contributed by atoms with Gasteiger partial charge in [-0.3, -0.25) is 19.2 Å². The van der Waals surface area contributed by atoms with Crippen molar-refractivity contribution >= 4 is 11.6 Å². The van der Waals surface area contributed by atoms with E-state index in [1.807, 2.05) is 30.3 Å². The van der Waals surface area contributed by atoms with E-state index in [-0.39, 0.29) is 17.3 Å². The topological polar surface area (TPSA) is 67.3 Å². The zero-order valence-corrected chi connectivity index (χ0v) is 17.6. The lowest BCUT2D eigenvalue weighted by Gasteiger charge is -2.33. The van der Waals surface area contributed by atoms with Gasteiger partial charge < -0.3 is 4.74 Å². The third-order valence-electron chi connectivity index (χ3n) is 5.37. The predicted octanol–water partition coefficient (Wildman–Crippen LogP) is 4.13. The zero-order valence-electron chi connectivity index (χ0n) is 16.8. The Morgan fingerprint density at radius 3 is 2.73 bits per heavy atom. The number of hydrogen-bond acceptors (Lipinski definition) is 4. The van der Waals surface area contributed by atoms with Crippen molar-refractivity contribution in [3.63, 3.8) is 0 Å². The molecule has 0 amide bonds. The summed E-state index contributed by atoms with van der Waals surface area (Å²) < 4.78 is 7.61. The van der Waals surface area contributed by atoms with Crippen LogP contribution in [0.15, 0.2) is 64.3 Å². The Labute approximate surface area is 179 Å². The van der Waals surface area contributed by atoms with Gasteiger partial charge in [-0.1, -0.05) is 23.7 Å². The van der Waals surface area contributed by atoms with Crippen LogP contribution in [0.2, 0.25) is 5.02 Å². The number of ether oxygens (including phenoxy) is 1. The number of rotatable bonds is 5. The van der Waals surface area contributed by atoms with Gasteiger partial charge in [-0.25, -0.2) is 4.79 Å². The molecule has 0 spiro atoms. The molecule has 2 heterocycles. The van der Waals surface area contributed by atoms with Gasteiger partial charge in [0.05, 0.1) is 6.04 Å². The first kappa shape index (κ1) is 20.4. The van der Waals surface area contributed by atoms with Crippen molar-refractivity contribution < 1.29 is 4.74 Å². The van der Waals surface area contributed by atoms with E-state index in [1.54, 1.807) is 29.8 Å². The molecule has 1 saturated heterocycles. The number of nitrogens with zero attached hydrogens (tertiary/aromatic N) is 2. The number of aryl methyl sites for hydroxylation is 1. The molecule has 0 saturated carbocycles. The number of halogens is 1. The molecule has 0 bridgehead atoms. The molecule has 4 rings (SSSR count). The van der Waals surface area contributed by atoms with Crippen LogP contribution in [0.5, 0.6) is 11.5 Å². The standard InChI is InChI=1S/C23H24ClN3O3/c1-16-13-27(23(29)25-22(16)28)19-5-3-11-26(15-19)14-17-4-2-6-21(12-17)30-20-9-7-18(24)8-10-20/h2,4,6-10,12-13,19H,3,5,11,14-15H2,1H3,(H,25,28,29)/t19-/m1/s1. The number of likely N-dealkylation sites (tertiary alicyclic amines) is 1. The van der Waals surface area contributed by atoms with E-state index in [0.29, 0.717) is 10.6 Å². The van der Waals surface area contributed by atoms with E-state index in [0.717, 1.165) is 49.5 Å². The highest BCUT2D eigenvalue weighted by atomic mass is 35.5. The Hall–Kier alpha value is -2.83. The van der Waals surface area contributed by atoms with Crippen LogP contribution >= 0.6 is 11.6 Å². The molecule has 1 atom stereocenters. The van der Waals surface area contributed by atoms with Gasteiger partial charge in [0.25, 0.3) is 5.56 Å². The highest BCUT2D eigenvalue weighted by molar-refractivity contribution is 6.30. The second-order valence-corrected chi connectivity index (χ2v) is 8.15. The van der Waals surface area contributed by atoms with E-state index in [9.17, 15) is 9.59 Å². The fraction of sp³-hybridized carbons (Fsp3) is 0.304. The lowest BCUT2D eigenvalue weighted by Crippen LogP contribution is -2.41. The average Bonchev–Trinajstić information content (AvgIpc) is 2.73. The summed E-state index contributed by atoms with van der Waals surface area (Å²) in [4.78, 5) is 28.7. The Bertz CT molecular complexity index is 1140. The summed E-state index contributed by atoms with van der Waals surface area (Å²) in [6.45, 7) is 4.22. The summed E-state index contributed by atoms with van der Waals surface area (Å²) >= 11 is 5.93. The second kappa shape index (κ2) is 8.90. The molecule has 0 aliphatic carbocycles. The van der Waals surface area contributed by atoms with Crippen molar-refractivity contribution in [2.24, 2.45) is 0 Å². The van der Waals surface area contributed by atoms with Gasteiger partial charge in [0, 0.05) is 29.9 Å². The molecule has 2 aromatic carbocycles. The van der Waals surface area contributed by atoms with Crippen molar-refractivity contribution in [3.8, 4) is 11.5 Å². The summed E-state index contributed by atoms with van der Waals surface area (Å²) in [5, 5.41) is 0.674. The number of aromatic amines is 1. The van der Waals surface area contributed by atoms with E-state index in [1.165, 1.54) is 0 Å². The maximum atomic E-state index is 12.3. The van der Waals surface area contributed by atoms with Gasteiger partial charge >= 0.3 is 5.69 Å². The Kier molecular flexibility index (Phi) is 6.06. The van der Waals surface area contributed by atoms with Gasteiger partial charge in [-0.05, 0) is 68.3 Å². The monoisotopic (exact) mass is 425 g/mol. The lowest BCUT2D eigenvalue weighted by atomic mass is 10.0. The minimum atomic E-state index is -0.337. The largest absolute Gasteiger partial charge is 0.457 e. The van der Waals surface area contributed by atoms with E-state index < -0.39 is 0 Å². The van der Waals surface area contributed by atoms with Crippen LogP contribution in [0, 0.1) is 6.92 Å². The lowest BCUT2D eigenvalue weighted by molar-refractivity contribution is 0.167. The highest BCUT2D eigenvalue weighted by Gasteiger charge is 2.22. The van der Waals surface area contributed by atoms with Crippen LogP contribution in [0.25, 0.3) is 0 Å². The van der Waals surface area contributed by atoms with E-state index in [4.69, 9.17) is 16.3 Å². The zero-order chi connectivity index (χ0) is 21.1. The number of hydrogen-bond donors (Lipinski definition) is 1. The number of aromatic nitrogens is 2. The molecule has 1 aliphatic rings. The maximum absolute atomic E-state index is 12.3. The van der Waals surface area contributed by atoms with Crippen LogP contribution < -0.4 is 16.0 Å². The minimum absolute atomic E-state index is 0.0512. The van der Waals surface area contributed by atoms with Gasteiger partial charge in [0.2, 0.25) is 0 Å². The predicted molar refractivity (Wildman–Crippen MR) is 118 cm³/mol. The van der Waals surface area contributed by atoms with Crippen LogP contribution in [0.3, 0.4) is 0 Å². The first-order chi connectivity index (χ1) is 14.5.